The zero-order valence-corrected chi connectivity index (χ0v) is 21.5. The number of ether oxygens (including phenoxy) is 2. The third-order valence-corrected chi connectivity index (χ3v) is 7.06. The lowest BCUT2D eigenvalue weighted by Gasteiger charge is -2.24. The molecule has 3 rings (SSSR count). The van der Waals surface area contributed by atoms with E-state index in [1.54, 1.807) is 31.2 Å². The molecule has 2 aromatic carbocycles. The van der Waals surface area contributed by atoms with Crippen molar-refractivity contribution in [3.63, 3.8) is 0 Å². The first-order valence-electron chi connectivity index (χ1n) is 11.2. The van der Waals surface area contributed by atoms with Crippen molar-refractivity contribution in [3.8, 4) is 17.2 Å². The van der Waals surface area contributed by atoms with Crippen molar-refractivity contribution >= 4 is 16.2 Å². The summed E-state index contributed by atoms with van der Waals surface area (Å²) >= 11 is 0. The predicted molar refractivity (Wildman–Crippen MR) is 132 cm³/mol. The molecular formula is C25H31N3O6S. The maximum absolute atomic E-state index is 12.7. The number of hydrogen-bond donors (Lipinski definition) is 0. The van der Waals surface area contributed by atoms with Crippen LogP contribution in [0.2, 0.25) is 0 Å². The predicted octanol–water partition coefficient (Wildman–Crippen LogP) is 3.71. The molecule has 0 radical (unpaired) electrons. The molecule has 0 unspecified atom stereocenters. The van der Waals surface area contributed by atoms with Crippen LogP contribution in [0, 0.1) is 13.8 Å². The summed E-state index contributed by atoms with van der Waals surface area (Å²) in [7, 11) is -1.02. The lowest BCUT2D eigenvalue weighted by molar-refractivity contribution is -0.143. The molecule has 1 aromatic heterocycles. The van der Waals surface area contributed by atoms with Crippen LogP contribution in [0.1, 0.15) is 29.5 Å². The van der Waals surface area contributed by atoms with Gasteiger partial charge in [0.05, 0.1) is 6.61 Å². The van der Waals surface area contributed by atoms with E-state index < -0.39 is 16.2 Å². The Labute approximate surface area is 206 Å². The van der Waals surface area contributed by atoms with Crippen LogP contribution in [-0.2, 0) is 32.9 Å². The van der Waals surface area contributed by atoms with Crippen LogP contribution >= 0.6 is 0 Å². The second kappa shape index (κ2) is 11.5. The molecule has 188 valence electrons. The van der Waals surface area contributed by atoms with Crippen LogP contribution < -0.4 is 4.74 Å². The maximum atomic E-state index is 12.7. The highest BCUT2D eigenvalue weighted by Crippen LogP contribution is 2.24. The van der Waals surface area contributed by atoms with Gasteiger partial charge in [0.1, 0.15) is 30.4 Å². The molecule has 0 amide bonds. The number of carbonyl (C=O) groups is 1. The summed E-state index contributed by atoms with van der Waals surface area (Å²) in [5.41, 5.74) is 3.37. The van der Waals surface area contributed by atoms with E-state index in [9.17, 15) is 13.2 Å². The SMILES string of the molecule is CCOC(=O)CN(Cc1cccc(OCc2nc(-c3ccc(C)cc3)oc2C)c1)S(=O)(=O)N(C)C. The fourth-order valence-electron chi connectivity index (χ4n) is 3.27. The molecule has 0 atom stereocenters. The first kappa shape index (κ1) is 26.4. The first-order valence-corrected chi connectivity index (χ1v) is 12.6. The molecule has 0 fully saturated rings. The summed E-state index contributed by atoms with van der Waals surface area (Å²) < 4.78 is 44.3. The number of nitrogens with zero attached hydrogens (tertiary/aromatic N) is 3. The summed E-state index contributed by atoms with van der Waals surface area (Å²) in [5, 5.41) is 0. The Morgan fingerprint density at radius 3 is 2.46 bits per heavy atom. The number of hydrogen-bond acceptors (Lipinski definition) is 7. The zero-order valence-electron chi connectivity index (χ0n) is 20.6. The number of carbonyl (C=O) groups excluding carboxylic acids is 1. The molecular weight excluding hydrogens is 470 g/mol. The maximum Gasteiger partial charge on any atom is 0.321 e. The molecule has 35 heavy (non-hydrogen) atoms. The standard InChI is InChI=1S/C25H31N3O6S/c1-6-32-24(29)16-28(35(30,31)27(4)5)15-20-8-7-9-22(14-20)33-17-23-19(3)34-25(26-23)21-12-10-18(2)11-13-21/h7-14H,6,15-17H2,1-5H3. The number of esters is 1. The van der Waals surface area contributed by atoms with E-state index in [2.05, 4.69) is 4.98 Å². The van der Waals surface area contributed by atoms with Gasteiger partial charge in [0, 0.05) is 26.2 Å². The number of aromatic nitrogens is 1. The van der Waals surface area contributed by atoms with Crippen molar-refractivity contribution in [2.45, 2.75) is 33.9 Å². The van der Waals surface area contributed by atoms with Crippen molar-refractivity contribution in [3.05, 3.63) is 71.1 Å². The van der Waals surface area contributed by atoms with Gasteiger partial charge in [-0.1, -0.05) is 29.8 Å². The van der Waals surface area contributed by atoms with E-state index in [-0.39, 0.29) is 26.3 Å². The molecule has 0 aliphatic heterocycles. The fourth-order valence-corrected chi connectivity index (χ4v) is 4.31. The quantitative estimate of drug-likeness (QED) is 0.369. The normalized spacial score (nSPS) is 11.7. The Hall–Kier alpha value is -3.21. The molecule has 0 N–H and O–H groups in total. The molecule has 0 aliphatic rings. The van der Waals surface area contributed by atoms with Gasteiger partial charge in [0.25, 0.3) is 10.2 Å². The third-order valence-electron chi connectivity index (χ3n) is 5.22. The lowest BCUT2D eigenvalue weighted by Crippen LogP contribution is -2.42. The molecule has 0 spiro atoms. The van der Waals surface area contributed by atoms with Crippen molar-refractivity contribution in [2.24, 2.45) is 0 Å². The molecule has 9 nitrogen and oxygen atoms in total. The minimum atomic E-state index is -3.85. The van der Waals surface area contributed by atoms with Crippen molar-refractivity contribution in [1.82, 2.24) is 13.6 Å². The molecule has 0 aliphatic carbocycles. The van der Waals surface area contributed by atoms with Gasteiger partial charge in [0.2, 0.25) is 5.89 Å². The summed E-state index contributed by atoms with van der Waals surface area (Å²) in [5.74, 6) is 1.11. The highest BCUT2D eigenvalue weighted by Gasteiger charge is 2.27. The highest BCUT2D eigenvalue weighted by atomic mass is 32.2. The monoisotopic (exact) mass is 501 g/mol. The van der Waals surface area contributed by atoms with Crippen molar-refractivity contribution in [1.29, 1.82) is 0 Å². The lowest BCUT2D eigenvalue weighted by atomic mass is 10.1. The number of oxazole rings is 1. The van der Waals surface area contributed by atoms with Gasteiger partial charge >= 0.3 is 5.97 Å². The minimum absolute atomic E-state index is 0.0168. The van der Waals surface area contributed by atoms with Gasteiger partial charge in [-0.15, -0.1) is 0 Å². The van der Waals surface area contributed by atoms with Crippen LogP contribution in [0.25, 0.3) is 11.5 Å². The largest absolute Gasteiger partial charge is 0.487 e. The second-order valence-corrected chi connectivity index (χ2v) is 10.3. The molecule has 3 aromatic rings. The van der Waals surface area contributed by atoms with Crippen LogP contribution in [0.5, 0.6) is 5.75 Å². The number of rotatable bonds is 11. The van der Waals surface area contributed by atoms with E-state index in [1.165, 1.54) is 14.1 Å². The van der Waals surface area contributed by atoms with E-state index in [0.717, 1.165) is 19.7 Å². The van der Waals surface area contributed by atoms with E-state index >= 15 is 0 Å². The summed E-state index contributed by atoms with van der Waals surface area (Å²) in [6.45, 7) is 5.47. The van der Waals surface area contributed by atoms with Gasteiger partial charge in [-0.3, -0.25) is 4.79 Å². The minimum Gasteiger partial charge on any atom is -0.487 e. The van der Waals surface area contributed by atoms with E-state index in [1.807, 2.05) is 38.1 Å². The number of benzene rings is 2. The average molecular weight is 502 g/mol. The molecule has 0 saturated heterocycles. The molecule has 0 bridgehead atoms. The smallest absolute Gasteiger partial charge is 0.321 e. The summed E-state index contributed by atoms with van der Waals surface area (Å²) in [4.78, 5) is 16.6. The van der Waals surface area contributed by atoms with E-state index in [0.29, 0.717) is 28.7 Å². The summed E-state index contributed by atoms with van der Waals surface area (Å²) in [6, 6.07) is 15.0. The van der Waals surface area contributed by atoms with Crippen LogP contribution in [0.3, 0.4) is 0 Å². The van der Waals surface area contributed by atoms with Crippen molar-refractivity contribution in [2.75, 3.05) is 27.2 Å². The van der Waals surface area contributed by atoms with Gasteiger partial charge in [-0.2, -0.15) is 17.0 Å². The second-order valence-electron chi connectivity index (χ2n) is 8.19. The Morgan fingerprint density at radius 2 is 1.80 bits per heavy atom. The topological polar surface area (TPSA) is 102 Å². The Bertz CT molecular complexity index is 1250. The van der Waals surface area contributed by atoms with Crippen LogP contribution in [0.15, 0.2) is 52.9 Å². The summed E-state index contributed by atoms with van der Waals surface area (Å²) in [6.07, 6.45) is 0. The van der Waals surface area contributed by atoms with Gasteiger partial charge in [-0.05, 0) is 50.6 Å². The van der Waals surface area contributed by atoms with Gasteiger partial charge in [-0.25, -0.2) is 4.98 Å². The Kier molecular flexibility index (Phi) is 8.66. The number of aryl methyl sites for hydroxylation is 2. The first-order chi connectivity index (χ1) is 16.6. The fraction of sp³-hybridized carbons (Fsp3) is 0.360. The van der Waals surface area contributed by atoms with Crippen LogP contribution in [0.4, 0.5) is 0 Å². The van der Waals surface area contributed by atoms with Crippen LogP contribution in [-0.4, -0.2) is 55.2 Å². The molecule has 1 heterocycles. The highest BCUT2D eigenvalue weighted by molar-refractivity contribution is 7.86. The van der Waals surface area contributed by atoms with Crippen molar-refractivity contribution < 1.29 is 27.1 Å². The van der Waals surface area contributed by atoms with E-state index in [4.69, 9.17) is 13.9 Å². The Balaban J connectivity index is 1.72. The average Bonchev–Trinajstić information content (AvgIpc) is 3.18. The zero-order chi connectivity index (χ0) is 25.6. The molecule has 10 heteroatoms. The van der Waals surface area contributed by atoms with Gasteiger partial charge < -0.3 is 13.9 Å². The molecule has 0 saturated carbocycles. The van der Waals surface area contributed by atoms with Gasteiger partial charge in [0.15, 0.2) is 0 Å². The third kappa shape index (κ3) is 6.91. The Morgan fingerprint density at radius 1 is 1.09 bits per heavy atom.